The van der Waals surface area contributed by atoms with E-state index in [0.29, 0.717) is 5.70 Å². The van der Waals surface area contributed by atoms with Crippen molar-refractivity contribution in [1.29, 1.82) is 0 Å². The fourth-order valence-corrected chi connectivity index (χ4v) is 1.35. The average Bonchev–Trinajstić information content (AvgIpc) is 2.31. The van der Waals surface area contributed by atoms with Crippen molar-refractivity contribution in [2.24, 2.45) is 0 Å². The molecule has 0 atom stereocenters. The number of hydrogen-bond donors (Lipinski definition) is 2. The van der Waals surface area contributed by atoms with Crippen molar-refractivity contribution in [2.45, 2.75) is 20.8 Å². The summed E-state index contributed by atoms with van der Waals surface area (Å²) < 4.78 is 0. The molecule has 0 heterocycles. The summed E-state index contributed by atoms with van der Waals surface area (Å²) in [7, 11) is 0. The van der Waals surface area contributed by atoms with Crippen LogP contribution in [-0.2, 0) is 0 Å². The maximum absolute atomic E-state index is 11.6. The summed E-state index contributed by atoms with van der Waals surface area (Å²) in [6.07, 6.45) is 3.38. The van der Waals surface area contributed by atoms with Gasteiger partial charge < -0.3 is 10.6 Å². The third-order valence-electron chi connectivity index (χ3n) is 2.55. The molecule has 0 bridgehead atoms. The van der Waals surface area contributed by atoms with E-state index in [2.05, 4.69) is 17.2 Å². The molecule has 0 aromatic heterocycles. The number of allylic oxidation sites excluding steroid dienone is 2. The largest absolute Gasteiger partial charge is 0.323 e. The first-order valence-electron chi connectivity index (χ1n) is 5.51. The molecule has 0 fully saturated rings. The second kappa shape index (κ2) is 5.89. The third kappa shape index (κ3) is 3.79. The summed E-state index contributed by atoms with van der Waals surface area (Å²) >= 11 is 0. The molecule has 3 nitrogen and oxygen atoms in total. The Morgan fingerprint density at radius 3 is 2.53 bits per heavy atom. The minimum atomic E-state index is -0.263. The molecule has 3 heteroatoms. The molecule has 1 aromatic carbocycles. The normalized spacial score (nSPS) is 10.9. The first-order chi connectivity index (χ1) is 8.06. The van der Waals surface area contributed by atoms with Gasteiger partial charge in [-0.2, -0.15) is 0 Å². The van der Waals surface area contributed by atoms with Crippen molar-refractivity contribution >= 4 is 11.7 Å². The molecule has 90 valence electrons. The van der Waals surface area contributed by atoms with Crippen molar-refractivity contribution < 1.29 is 4.79 Å². The molecule has 1 aromatic rings. The van der Waals surface area contributed by atoms with Gasteiger partial charge in [0.25, 0.3) is 0 Å². The van der Waals surface area contributed by atoms with Gasteiger partial charge in [0.05, 0.1) is 0 Å². The van der Waals surface area contributed by atoms with Gasteiger partial charge in [-0.15, -0.1) is 0 Å². The fourth-order valence-electron chi connectivity index (χ4n) is 1.35. The number of nitrogens with one attached hydrogen (secondary N) is 2. The van der Waals surface area contributed by atoms with Crippen LogP contribution in [0, 0.1) is 13.8 Å². The lowest BCUT2D eigenvalue weighted by atomic mass is 10.1. The van der Waals surface area contributed by atoms with Crippen molar-refractivity contribution in [3.05, 3.63) is 53.8 Å². The molecule has 2 N–H and O–H groups in total. The smallest absolute Gasteiger partial charge is 0.308 e. The highest BCUT2D eigenvalue weighted by molar-refractivity contribution is 5.90. The van der Waals surface area contributed by atoms with Gasteiger partial charge in [0.15, 0.2) is 0 Å². The van der Waals surface area contributed by atoms with Gasteiger partial charge in [0.1, 0.15) is 0 Å². The van der Waals surface area contributed by atoms with Crippen molar-refractivity contribution in [3.8, 4) is 0 Å². The topological polar surface area (TPSA) is 41.1 Å². The van der Waals surface area contributed by atoms with Gasteiger partial charge in [0.2, 0.25) is 0 Å². The summed E-state index contributed by atoms with van der Waals surface area (Å²) in [5.74, 6) is 0. The molecular formula is C14H18N2O. The van der Waals surface area contributed by atoms with E-state index in [9.17, 15) is 4.79 Å². The molecular weight excluding hydrogens is 212 g/mol. The Bertz CT molecular complexity index is 461. The number of anilines is 1. The molecule has 17 heavy (non-hydrogen) atoms. The van der Waals surface area contributed by atoms with Crippen LogP contribution in [0.25, 0.3) is 0 Å². The molecule has 0 saturated heterocycles. The predicted molar refractivity (Wildman–Crippen MR) is 72.0 cm³/mol. The summed E-state index contributed by atoms with van der Waals surface area (Å²) in [5.41, 5.74) is 3.82. The number of rotatable bonds is 3. The van der Waals surface area contributed by atoms with E-state index in [4.69, 9.17) is 0 Å². The van der Waals surface area contributed by atoms with Gasteiger partial charge >= 0.3 is 6.03 Å². The Labute approximate surface area is 102 Å². The zero-order valence-corrected chi connectivity index (χ0v) is 10.5. The van der Waals surface area contributed by atoms with E-state index in [1.807, 2.05) is 39.0 Å². The predicted octanol–water partition coefficient (Wildman–Crippen LogP) is 3.51. The lowest BCUT2D eigenvalue weighted by Gasteiger charge is -2.09. The molecule has 0 aliphatic rings. The summed E-state index contributed by atoms with van der Waals surface area (Å²) in [6, 6.07) is 5.54. The van der Waals surface area contributed by atoms with Gasteiger partial charge in [-0.3, -0.25) is 0 Å². The maximum atomic E-state index is 11.6. The van der Waals surface area contributed by atoms with Crippen LogP contribution in [0.15, 0.2) is 42.6 Å². The molecule has 0 spiro atoms. The van der Waals surface area contributed by atoms with E-state index in [1.54, 1.807) is 12.2 Å². The van der Waals surface area contributed by atoms with Crippen LogP contribution >= 0.6 is 0 Å². The van der Waals surface area contributed by atoms with Crippen molar-refractivity contribution in [2.75, 3.05) is 5.32 Å². The van der Waals surface area contributed by atoms with Crippen LogP contribution in [0.3, 0.4) is 0 Å². The highest BCUT2D eigenvalue weighted by Crippen LogP contribution is 2.13. The number of benzene rings is 1. The average molecular weight is 230 g/mol. The van der Waals surface area contributed by atoms with E-state index in [-0.39, 0.29) is 6.03 Å². The molecule has 0 saturated carbocycles. The van der Waals surface area contributed by atoms with E-state index in [0.717, 1.165) is 11.3 Å². The Kier molecular flexibility index (Phi) is 4.52. The molecule has 1 rings (SSSR count). The number of aryl methyl sites for hydroxylation is 2. The summed E-state index contributed by atoms with van der Waals surface area (Å²) in [5, 5.41) is 5.46. The van der Waals surface area contributed by atoms with Crippen LogP contribution < -0.4 is 10.6 Å². The van der Waals surface area contributed by atoms with Crippen molar-refractivity contribution in [3.63, 3.8) is 0 Å². The maximum Gasteiger partial charge on any atom is 0.323 e. The van der Waals surface area contributed by atoms with Gasteiger partial charge in [-0.25, -0.2) is 4.79 Å². The minimum absolute atomic E-state index is 0.263. The Morgan fingerprint density at radius 2 is 2.00 bits per heavy atom. The fraction of sp³-hybridized carbons (Fsp3) is 0.214. The van der Waals surface area contributed by atoms with Crippen LogP contribution in [0.2, 0.25) is 0 Å². The van der Waals surface area contributed by atoms with Crippen molar-refractivity contribution in [1.82, 2.24) is 5.32 Å². The summed E-state index contributed by atoms with van der Waals surface area (Å²) in [4.78, 5) is 11.6. The molecule has 0 unspecified atom stereocenters. The van der Waals surface area contributed by atoms with Gasteiger partial charge in [-0.1, -0.05) is 18.7 Å². The second-order valence-electron chi connectivity index (χ2n) is 3.83. The second-order valence-corrected chi connectivity index (χ2v) is 3.83. The zero-order valence-electron chi connectivity index (χ0n) is 10.5. The first-order valence-corrected chi connectivity index (χ1v) is 5.51. The third-order valence-corrected chi connectivity index (χ3v) is 2.55. The van der Waals surface area contributed by atoms with E-state index in [1.165, 1.54) is 5.56 Å². The summed E-state index contributed by atoms with van der Waals surface area (Å²) in [6.45, 7) is 9.50. The lowest BCUT2D eigenvalue weighted by molar-refractivity contribution is 0.254. The molecule has 2 amide bonds. The Balaban J connectivity index is 2.68. The molecule has 0 radical (unpaired) electrons. The van der Waals surface area contributed by atoms with Crippen LogP contribution in [0.1, 0.15) is 18.1 Å². The number of carbonyl (C=O) groups is 1. The Hall–Kier alpha value is -2.03. The molecule has 0 aliphatic carbocycles. The quantitative estimate of drug-likeness (QED) is 0.766. The Morgan fingerprint density at radius 1 is 1.29 bits per heavy atom. The minimum Gasteiger partial charge on any atom is -0.308 e. The first kappa shape index (κ1) is 13.0. The number of urea groups is 1. The zero-order chi connectivity index (χ0) is 12.8. The number of amides is 2. The number of carbonyl (C=O) groups excluding carboxylic acids is 1. The van der Waals surface area contributed by atoms with Crippen LogP contribution in [-0.4, -0.2) is 6.03 Å². The SMILES string of the molecule is C=C/C(=C\C)NC(=O)Nc1ccc(C)c(C)c1. The standard InChI is InChI=1S/C14H18N2O/c1-5-12(6-2)15-14(17)16-13-8-7-10(3)11(4)9-13/h5-9H,1H2,2-4H3,(H2,15,16,17)/b12-6+. The van der Waals surface area contributed by atoms with Crippen LogP contribution in [0.4, 0.5) is 10.5 Å². The monoisotopic (exact) mass is 230 g/mol. The van der Waals surface area contributed by atoms with Crippen LogP contribution in [0.5, 0.6) is 0 Å². The number of hydrogen-bond acceptors (Lipinski definition) is 1. The lowest BCUT2D eigenvalue weighted by Crippen LogP contribution is -2.27. The van der Waals surface area contributed by atoms with E-state index >= 15 is 0 Å². The van der Waals surface area contributed by atoms with Gasteiger partial charge in [-0.05, 0) is 50.1 Å². The van der Waals surface area contributed by atoms with Gasteiger partial charge in [0, 0.05) is 11.4 Å². The molecule has 0 aliphatic heterocycles. The van der Waals surface area contributed by atoms with E-state index < -0.39 is 0 Å². The highest BCUT2D eigenvalue weighted by Gasteiger charge is 2.03. The highest BCUT2D eigenvalue weighted by atomic mass is 16.2.